The molecule has 0 spiro atoms. The van der Waals surface area contributed by atoms with Gasteiger partial charge in [0.1, 0.15) is 6.29 Å². The second-order valence-electron chi connectivity index (χ2n) is 2.37. The standard InChI is InChI=1S/C8H10OS/c1-6-3-8(5-9)4-7(2)10-6/h3-5,8H,1-2H3. The zero-order valence-electron chi connectivity index (χ0n) is 6.13. The summed E-state index contributed by atoms with van der Waals surface area (Å²) in [5.41, 5.74) is 0. The van der Waals surface area contributed by atoms with Crippen LogP contribution in [0.1, 0.15) is 13.8 Å². The number of carbonyl (C=O) groups is 1. The van der Waals surface area contributed by atoms with E-state index < -0.39 is 0 Å². The Bertz CT molecular complexity index is 185. The maximum Gasteiger partial charge on any atom is 0.130 e. The first-order valence-corrected chi connectivity index (χ1v) is 4.04. The van der Waals surface area contributed by atoms with Crippen LogP contribution in [-0.4, -0.2) is 6.29 Å². The summed E-state index contributed by atoms with van der Waals surface area (Å²) in [6.07, 6.45) is 4.92. The number of hydrogen-bond donors (Lipinski definition) is 0. The van der Waals surface area contributed by atoms with Crippen molar-refractivity contribution in [1.82, 2.24) is 0 Å². The first-order valence-electron chi connectivity index (χ1n) is 3.22. The zero-order valence-corrected chi connectivity index (χ0v) is 6.94. The van der Waals surface area contributed by atoms with E-state index >= 15 is 0 Å². The molecule has 54 valence electrons. The summed E-state index contributed by atoms with van der Waals surface area (Å²) in [6.45, 7) is 4.05. The average molecular weight is 154 g/mol. The van der Waals surface area contributed by atoms with Crippen molar-refractivity contribution in [1.29, 1.82) is 0 Å². The highest BCUT2D eigenvalue weighted by molar-refractivity contribution is 8.06. The molecule has 0 saturated carbocycles. The van der Waals surface area contributed by atoms with Gasteiger partial charge in [0, 0.05) is 0 Å². The number of hydrogen-bond acceptors (Lipinski definition) is 2. The number of carbonyl (C=O) groups excluding carboxylic acids is 1. The first kappa shape index (κ1) is 7.61. The average Bonchev–Trinajstić information content (AvgIpc) is 1.85. The molecule has 0 aromatic heterocycles. The van der Waals surface area contributed by atoms with Crippen molar-refractivity contribution in [2.75, 3.05) is 0 Å². The maximum atomic E-state index is 10.4. The third kappa shape index (κ3) is 1.74. The Labute approximate surface area is 65.2 Å². The Kier molecular flexibility index (Phi) is 2.33. The molecule has 0 N–H and O–H groups in total. The SMILES string of the molecule is CC1=CC(C=O)C=C(C)S1. The summed E-state index contributed by atoms with van der Waals surface area (Å²) in [5.74, 6) is 0.0150. The van der Waals surface area contributed by atoms with Crippen LogP contribution in [0, 0.1) is 5.92 Å². The fourth-order valence-corrected chi connectivity index (χ4v) is 1.95. The van der Waals surface area contributed by atoms with E-state index in [1.807, 2.05) is 26.0 Å². The van der Waals surface area contributed by atoms with Gasteiger partial charge in [-0.2, -0.15) is 0 Å². The van der Waals surface area contributed by atoms with Crippen molar-refractivity contribution in [2.45, 2.75) is 13.8 Å². The molecule has 0 aromatic rings. The highest BCUT2D eigenvalue weighted by Gasteiger charge is 2.07. The molecule has 1 nitrogen and oxygen atoms in total. The maximum absolute atomic E-state index is 10.4. The molecule has 0 bridgehead atoms. The van der Waals surface area contributed by atoms with E-state index in [1.165, 1.54) is 9.81 Å². The summed E-state index contributed by atoms with van der Waals surface area (Å²) in [5, 5.41) is 0. The highest BCUT2D eigenvalue weighted by atomic mass is 32.2. The summed E-state index contributed by atoms with van der Waals surface area (Å²) in [6, 6.07) is 0. The van der Waals surface area contributed by atoms with E-state index in [2.05, 4.69) is 0 Å². The van der Waals surface area contributed by atoms with Crippen molar-refractivity contribution in [3.8, 4) is 0 Å². The van der Waals surface area contributed by atoms with Crippen LogP contribution in [0.15, 0.2) is 22.0 Å². The Balaban J connectivity index is 2.76. The van der Waals surface area contributed by atoms with Gasteiger partial charge in [0.15, 0.2) is 0 Å². The van der Waals surface area contributed by atoms with E-state index in [0.717, 1.165) is 6.29 Å². The quantitative estimate of drug-likeness (QED) is 0.539. The van der Waals surface area contributed by atoms with E-state index in [-0.39, 0.29) is 5.92 Å². The molecule has 0 aliphatic carbocycles. The van der Waals surface area contributed by atoms with Gasteiger partial charge >= 0.3 is 0 Å². The van der Waals surface area contributed by atoms with Gasteiger partial charge in [0.05, 0.1) is 5.92 Å². The number of aldehydes is 1. The molecule has 10 heavy (non-hydrogen) atoms. The fraction of sp³-hybridized carbons (Fsp3) is 0.375. The van der Waals surface area contributed by atoms with E-state index in [1.54, 1.807) is 11.8 Å². The second-order valence-corrected chi connectivity index (χ2v) is 3.86. The van der Waals surface area contributed by atoms with Crippen LogP contribution in [0.3, 0.4) is 0 Å². The summed E-state index contributed by atoms with van der Waals surface area (Å²) < 4.78 is 0. The third-order valence-corrected chi connectivity index (χ3v) is 2.25. The predicted octanol–water partition coefficient (Wildman–Crippen LogP) is 2.36. The highest BCUT2D eigenvalue weighted by Crippen LogP contribution is 2.30. The molecule has 0 fully saturated rings. The smallest absolute Gasteiger partial charge is 0.130 e. The van der Waals surface area contributed by atoms with Crippen molar-refractivity contribution in [2.24, 2.45) is 5.92 Å². The van der Waals surface area contributed by atoms with E-state index in [9.17, 15) is 4.79 Å². The molecule has 1 rings (SSSR count). The van der Waals surface area contributed by atoms with E-state index in [4.69, 9.17) is 0 Å². The molecule has 1 heterocycles. The van der Waals surface area contributed by atoms with Crippen LogP contribution in [-0.2, 0) is 4.79 Å². The molecule has 0 amide bonds. The van der Waals surface area contributed by atoms with E-state index in [0.29, 0.717) is 0 Å². The van der Waals surface area contributed by atoms with Gasteiger partial charge < -0.3 is 4.79 Å². The molecule has 0 aromatic carbocycles. The van der Waals surface area contributed by atoms with Gasteiger partial charge in [-0.25, -0.2) is 0 Å². The molecule has 0 atom stereocenters. The fourth-order valence-electron chi connectivity index (χ4n) is 0.991. The molecule has 0 unspecified atom stereocenters. The van der Waals surface area contributed by atoms with Crippen LogP contribution < -0.4 is 0 Å². The van der Waals surface area contributed by atoms with Gasteiger partial charge in [-0.1, -0.05) is 12.2 Å². The minimum atomic E-state index is 0.0150. The third-order valence-electron chi connectivity index (χ3n) is 1.33. The van der Waals surface area contributed by atoms with Gasteiger partial charge in [-0.15, -0.1) is 11.8 Å². The minimum absolute atomic E-state index is 0.0150. The number of thioether (sulfide) groups is 1. The van der Waals surface area contributed by atoms with Crippen LogP contribution in [0.4, 0.5) is 0 Å². The topological polar surface area (TPSA) is 17.1 Å². The number of rotatable bonds is 1. The molecule has 0 radical (unpaired) electrons. The Morgan fingerprint density at radius 2 is 1.90 bits per heavy atom. The summed E-state index contributed by atoms with van der Waals surface area (Å²) >= 11 is 1.72. The Morgan fingerprint density at radius 3 is 2.30 bits per heavy atom. The summed E-state index contributed by atoms with van der Waals surface area (Å²) in [7, 11) is 0. The van der Waals surface area contributed by atoms with Crippen LogP contribution in [0.2, 0.25) is 0 Å². The van der Waals surface area contributed by atoms with Crippen molar-refractivity contribution >= 4 is 18.0 Å². The van der Waals surface area contributed by atoms with Gasteiger partial charge in [0.25, 0.3) is 0 Å². The lowest BCUT2D eigenvalue weighted by Crippen LogP contribution is -1.97. The second kappa shape index (κ2) is 3.06. The molecule has 1 aliphatic rings. The van der Waals surface area contributed by atoms with Crippen molar-refractivity contribution in [3.05, 3.63) is 22.0 Å². The van der Waals surface area contributed by atoms with Crippen molar-refractivity contribution in [3.63, 3.8) is 0 Å². The van der Waals surface area contributed by atoms with Gasteiger partial charge in [0.2, 0.25) is 0 Å². The largest absolute Gasteiger partial charge is 0.302 e. The molecule has 2 heteroatoms. The Hall–Kier alpha value is -0.500. The lowest BCUT2D eigenvalue weighted by atomic mass is 10.1. The molecule has 1 aliphatic heterocycles. The lowest BCUT2D eigenvalue weighted by molar-refractivity contribution is -0.108. The van der Waals surface area contributed by atoms with Crippen LogP contribution in [0.25, 0.3) is 0 Å². The molecular formula is C8H10OS. The lowest BCUT2D eigenvalue weighted by Gasteiger charge is -2.10. The van der Waals surface area contributed by atoms with Crippen molar-refractivity contribution < 1.29 is 4.79 Å². The molecular weight excluding hydrogens is 144 g/mol. The monoisotopic (exact) mass is 154 g/mol. The normalized spacial score (nSPS) is 19.8. The van der Waals surface area contributed by atoms with Gasteiger partial charge in [-0.05, 0) is 23.7 Å². The predicted molar refractivity (Wildman–Crippen MR) is 44.7 cm³/mol. The van der Waals surface area contributed by atoms with Gasteiger partial charge in [-0.3, -0.25) is 0 Å². The minimum Gasteiger partial charge on any atom is -0.302 e. The molecule has 0 saturated heterocycles. The van der Waals surface area contributed by atoms with Crippen LogP contribution >= 0.6 is 11.8 Å². The zero-order chi connectivity index (χ0) is 7.56. The number of allylic oxidation sites excluding steroid dienone is 4. The van der Waals surface area contributed by atoms with Crippen LogP contribution in [0.5, 0.6) is 0 Å². The Morgan fingerprint density at radius 1 is 1.40 bits per heavy atom. The summed E-state index contributed by atoms with van der Waals surface area (Å²) in [4.78, 5) is 12.8. The first-order chi connectivity index (χ1) is 4.72.